The number of fused-ring (bicyclic) bond motifs is 2. The summed E-state index contributed by atoms with van der Waals surface area (Å²) in [5.41, 5.74) is 4.30. The summed E-state index contributed by atoms with van der Waals surface area (Å²) >= 11 is 0. The number of hydrogen-bond acceptors (Lipinski definition) is 6. The fourth-order valence-corrected chi connectivity index (χ4v) is 6.04. The molecule has 36 heavy (non-hydrogen) atoms. The number of halogens is 1. The van der Waals surface area contributed by atoms with Crippen molar-refractivity contribution < 1.29 is 23.5 Å². The number of hydrogen-bond donors (Lipinski definition) is 1. The van der Waals surface area contributed by atoms with Crippen molar-refractivity contribution in [2.75, 3.05) is 19.7 Å². The fraction of sp³-hybridized carbons (Fsp3) is 0.481. The highest BCUT2D eigenvalue weighted by atomic mass is 19.1. The molecule has 1 atom stereocenters. The number of benzene rings is 1. The average molecular weight is 493 g/mol. The second-order valence-corrected chi connectivity index (χ2v) is 10.2. The summed E-state index contributed by atoms with van der Waals surface area (Å²) in [4.78, 5) is 45.5. The van der Waals surface area contributed by atoms with Gasteiger partial charge in [0.05, 0.1) is 18.5 Å². The van der Waals surface area contributed by atoms with Crippen LogP contribution in [0.15, 0.2) is 24.4 Å². The van der Waals surface area contributed by atoms with Gasteiger partial charge in [0.1, 0.15) is 17.6 Å². The standard InChI is InChI=1S/C27H29FN4O4/c28-18-11-20(22-15-32(27(35)21(22)12-18)23-3-4-25(33)30-26(23)34)16-5-7-31(8-6-16)14-19-10-17-2-1-9-36-24(17)13-29-19/h10-13,16,23H,1-9,14-15H2,(H,30,33,34). The highest BCUT2D eigenvalue weighted by Gasteiger charge is 2.41. The highest BCUT2D eigenvalue weighted by molar-refractivity contribution is 6.05. The van der Waals surface area contributed by atoms with Crippen LogP contribution < -0.4 is 10.1 Å². The maximum absolute atomic E-state index is 14.6. The van der Waals surface area contributed by atoms with Gasteiger partial charge in [0.15, 0.2) is 0 Å². The van der Waals surface area contributed by atoms with Crippen molar-refractivity contribution in [3.63, 3.8) is 0 Å². The van der Waals surface area contributed by atoms with Crippen LogP contribution in [0.3, 0.4) is 0 Å². The van der Waals surface area contributed by atoms with Crippen molar-refractivity contribution in [3.8, 4) is 5.75 Å². The normalized spacial score (nSPS) is 22.8. The number of aryl methyl sites for hydroxylation is 1. The Morgan fingerprint density at radius 2 is 1.92 bits per heavy atom. The molecule has 1 unspecified atom stereocenters. The largest absolute Gasteiger partial charge is 0.492 e. The van der Waals surface area contributed by atoms with Crippen LogP contribution in [0.1, 0.15) is 70.8 Å². The first-order chi connectivity index (χ1) is 17.5. The average Bonchev–Trinajstić information content (AvgIpc) is 3.20. The van der Waals surface area contributed by atoms with Gasteiger partial charge in [-0.3, -0.25) is 29.6 Å². The lowest BCUT2D eigenvalue weighted by Gasteiger charge is -2.33. The molecule has 0 aliphatic carbocycles. The molecular weight excluding hydrogens is 463 g/mol. The van der Waals surface area contributed by atoms with Crippen LogP contribution in [0.2, 0.25) is 0 Å². The second kappa shape index (κ2) is 9.28. The molecule has 4 aliphatic heterocycles. The molecule has 2 aromatic rings. The van der Waals surface area contributed by atoms with Crippen LogP contribution in [0.25, 0.3) is 0 Å². The van der Waals surface area contributed by atoms with E-state index in [-0.39, 0.29) is 30.7 Å². The zero-order chi connectivity index (χ0) is 24.8. The minimum absolute atomic E-state index is 0.144. The first-order valence-corrected chi connectivity index (χ1v) is 12.8. The molecule has 0 radical (unpaired) electrons. The molecule has 4 aliphatic rings. The van der Waals surface area contributed by atoms with Crippen molar-refractivity contribution in [1.29, 1.82) is 0 Å². The Balaban J connectivity index is 1.15. The Bertz CT molecular complexity index is 1240. The van der Waals surface area contributed by atoms with Gasteiger partial charge < -0.3 is 9.64 Å². The van der Waals surface area contributed by atoms with Crippen molar-refractivity contribution in [1.82, 2.24) is 20.1 Å². The molecule has 1 aromatic heterocycles. The van der Waals surface area contributed by atoms with E-state index in [0.29, 0.717) is 12.0 Å². The third-order valence-electron chi connectivity index (χ3n) is 7.92. The zero-order valence-electron chi connectivity index (χ0n) is 20.1. The van der Waals surface area contributed by atoms with E-state index in [1.807, 2.05) is 6.20 Å². The van der Waals surface area contributed by atoms with Crippen molar-refractivity contribution in [2.24, 2.45) is 0 Å². The van der Waals surface area contributed by atoms with E-state index >= 15 is 0 Å². The number of rotatable bonds is 4. The molecule has 9 heteroatoms. The van der Waals surface area contributed by atoms with Crippen molar-refractivity contribution in [3.05, 3.63) is 58.2 Å². The number of ether oxygens (including phenoxy) is 1. The third kappa shape index (κ3) is 4.25. The van der Waals surface area contributed by atoms with Crippen LogP contribution in [0.5, 0.6) is 5.75 Å². The number of carbonyl (C=O) groups excluding carboxylic acids is 3. The topological polar surface area (TPSA) is 91.8 Å². The van der Waals surface area contributed by atoms with Gasteiger partial charge >= 0.3 is 0 Å². The number of piperidine rings is 2. The van der Waals surface area contributed by atoms with E-state index in [4.69, 9.17) is 4.74 Å². The SMILES string of the molecule is O=C1CCC(N2Cc3c(cc(F)cc3C3CCN(Cc4cc5c(cn4)OCCC5)CC3)C2=O)C(=O)N1. The highest BCUT2D eigenvalue weighted by Crippen LogP contribution is 2.38. The number of pyridine rings is 1. The summed E-state index contributed by atoms with van der Waals surface area (Å²) in [5, 5.41) is 2.32. The van der Waals surface area contributed by atoms with Gasteiger partial charge in [-0.15, -0.1) is 0 Å². The Morgan fingerprint density at radius 3 is 2.72 bits per heavy atom. The van der Waals surface area contributed by atoms with Crippen LogP contribution in [0.4, 0.5) is 4.39 Å². The number of likely N-dealkylation sites (tertiary alicyclic amines) is 1. The minimum Gasteiger partial charge on any atom is -0.492 e. The first kappa shape index (κ1) is 23.1. The lowest BCUT2D eigenvalue weighted by atomic mass is 9.85. The molecule has 5 heterocycles. The van der Waals surface area contributed by atoms with Crippen LogP contribution >= 0.6 is 0 Å². The first-order valence-electron chi connectivity index (χ1n) is 12.8. The van der Waals surface area contributed by atoms with Gasteiger partial charge in [0.2, 0.25) is 11.8 Å². The molecule has 2 fully saturated rings. The van der Waals surface area contributed by atoms with E-state index in [9.17, 15) is 18.8 Å². The smallest absolute Gasteiger partial charge is 0.255 e. The number of aromatic nitrogens is 1. The van der Waals surface area contributed by atoms with Crippen LogP contribution in [0, 0.1) is 5.82 Å². The Hall–Kier alpha value is -3.33. The summed E-state index contributed by atoms with van der Waals surface area (Å²) in [6, 6.07) is 4.30. The quantitative estimate of drug-likeness (QED) is 0.660. The molecule has 0 bridgehead atoms. The van der Waals surface area contributed by atoms with Crippen molar-refractivity contribution in [2.45, 2.75) is 63.6 Å². The molecule has 8 nitrogen and oxygen atoms in total. The van der Waals surface area contributed by atoms with E-state index in [1.54, 1.807) is 6.07 Å². The molecular formula is C27H29FN4O4. The number of nitrogens with zero attached hydrogens (tertiary/aromatic N) is 3. The Kier molecular flexibility index (Phi) is 5.95. The van der Waals surface area contributed by atoms with E-state index in [2.05, 4.69) is 21.3 Å². The summed E-state index contributed by atoms with van der Waals surface area (Å²) in [5.74, 6) is -0.497. The van der Waals surface area contributed by atoms with E-state index < -0.39 is 17.8 Å². The van der Waals surface area contributed by atoms with Gasteiger partial charge in [-0.05, 0) is 86.0 Å². The Labute approximate surface area is 208 Å². The molecule has 6 rings (SSSR count). The minimum atomic E-state index is -0.699. The second-order valence-electron chi connectivity index (χ2n) is 10.2. The predicted molar refractivity (Wildman–Crippen MR) is 128 cm³/mol. The fourth-order valence-electron chi connectivity index (χ4n) is 6.04. The summed E-state index contributed by atoms with van der Waals surface area (Å²) in [6.07, 6.45) is 6.09. The van der Waals surface area contributed by atoms with Gasteiger partial charge in [-0.2, -0.15) is 0 Å². The van der Waals surface area contributed by atoms with E-state index in [0.717, 1.165) is 74.5 Å². The Morgan fingerprint density at radius 1 is 1.08 bits per heavy atom. The number of carbonyl (C=O) groups is 3. The third-order valence-corrected chi connectivity index (χ3v) is 7.92. The van der Waals surface area contributed by atoms with Crippen molar-refractivity contribution >= 4 is 17.7 Å². The molecule has 3 amide bonds. The van der Waals surface area contributed by atoms with E-state index in [1.165, 1.54) is 16.5 Å². The van der Waals surface area contributed by atoms with Gasteiger partial charge in [-0.25, -0.2) is 4.39 Å². The summed E-state index contributed by atoms with van der Waals surface area (Å²) in [7, 11) is 0. The maximum atomic E-state index is 14.6. The summed E-state index contributed by atoms with van der Waals surface area (Å²) in [6.45, 7) is 3.51. The molecule has 2 saturated heterocycles. The molecule has 1 aromatic carbocycles. The van der Waals surface area contributed by atoms with Gasteiger partial charge in [0, 0.05) is 25.1 Å². The molecule has 0 saturated carbocycles. The lowest BCUT2D eigenvalue weighted by Crippen LogP contribution is -2.52. The van der Waals surface area contributed by atoms with Gasteiger partial charge in [-0.1, -0.05) is 0 Å². The maximum Gasteiger partial charge on any atom is 0.255 e. The van der Waals surface area contributed by atoms with Crippen LogP contribution in [-0.2, 0) is 29.1 Å². The van der Waals surface area contributed by atoms with Gasteiger partial charge in [0.25, 0.3) is 5.91 Å². The zero-order valence-corrected chi connectivity index (χ0v) is 20.1. The summed E-state index contributed by atoms with van der Waals surface area (Å²) < 4.78 is 20.3. The number of amides is 3. The molecule has 188 valence electrons. The molecule has 1 N–H and O–H groups in total. The molecule has 0 spiro atoms. The number of imide groups is 1. The lowest BCUT2D eigenvalue weighted by molar-refractivity contribution is -0.136. The predicted octanol–water partition coefficient (Wildman–Crippen LogP) is 2.69. The number of nitrogens with one attached hydrogen (secondary N) is 1. The monoisotopic (exact) mass is 492 g/mol. The van der Waals surface area contributed by atoms with Crippen LogP contribution in [-0.4, -0.2) is 58.2 Å².